The minimum Gasteiger partial charge on any atom is -0.515 e. The van der Waals surface area contributed by atoms with Gasteiger partial charge in [-0.05, 0) is 279 Å². The molecule has 3 aliphatic carbocycles. The monoisotopic (exact) mass is 1610 g/mol. The van der Waals surface area contributed by atoms with E-state index >= 15 is 0 Å². The average Bonchev–Trinajstić information content (AvgIpc) is 1.60. The van der Waals surface area contributed by atoms with Crippen molar-refractivity contribution >= 4 is 49.9 Å². The summed E-state index contributed by atoms with van der Waals surface area (Å²) in [7, 11) is -7.12. The molecule has 632 valence electrons. The maximum Gasteiger partial charge on any atom is 1.00 e. The number of primary sulfonamides is 1. The number of cyclic esters (lactones) is 4. The molecule has 0 bridgehead atoms. The summed E-state index contributed by atoms with van der Waals surface area (Å²) >= 11 is 0. The van der Waals surface area contributed by atoms with Crippen LogP contribution in [0.15, 0.2) is 47.2 Å². The van der Waals surface area contributed by atoms with E-state index in [0.29, 0.717) is 98.4 Å². The molecule has 3 saturated carbocycles. The van der Waals surface area contributed by atoms with Gasteiger partial charge in [-0.2, -0.15) is 12.8 Å². The maximum absolute atomic E-state index is 12.3. The third kappa shape index (κ3) is 50.2. The molecular weight excluding hydrogens is 1470 g/mol. The van der Waals surface area contributed by atoms with Gasteiger partial charge in [0.1, 0.15) is 0 Å². The fourth-order valence-corrected chi connectivity index (χ4v) is 15.6. The Morgan fingerprint density at radius 2 is 1.15 bits per heavy atom. The van der Waals surface area contributed by atoms with Gasteiger partial charge in [-0.1, -0.05) is 54.2 Å². The van der Waals surface area contributed by atoms with Crippen LogP contribution in [0.5, 0.6) is 0 Å². The van der Waals surface area contributed by atoms with Gasteiger partial charge in [-0.15, -0.1) is 0 Å². The van der Waals surface area contributed by atoms with Crippen molar-refractivity contribution in [3.05, 3.63) is 58.2 Å². The molecule has 0 spiro atoms. The molecule has 1 aromatic heterocycles. The minimum atomic E-state index is -3.88. The van der Waals surface area contributed by atoms with E-state index in [1.807, 2.05) is 13.8 Å². The van der Waals surface area contributed by atoms with Crippen LogP contribution in [0.3, 0.4) is 0 Å². The van der Waals surface area contributed by atoms with Gasteiger partial charge in [0.05, 0.1) is 57.0 Å². The summed E-state index contributed by atoms with van der Waals surface area (Å²) in [5.41, 5.74) is 7.40. The molecule has 10 rings (SSSR count). The van der Waals surface area contributed by atoms with E-state index in [0.717, 1.165) is 145 Å². The van der Waals surface area contributed by atoms with Gasteiger partial charge >= 0.3 is 53.4 Å². The van der Waals surface area contributed by atoms with Crippen LogP contribution in [-0.2, 0) is 67.2 Å². The minimum absolute atomic E-state index is 0. The summed E-state index contributed by atoms with van der Waals surface area (Å²) in [5.74, 6) is 1.60. The molecule has 0 radical (unpaired) electrons. The van der Waals surface area contributed by atoms with Crippen LogP contribution >= 0.6 is 0 Å². The fourth-order valence-electron chi connectivity index (χ4n) is 14.7. The Hall–Kier alpha value is -4.27. The van der Waals surface area contributed by atoms with Crippen molar-refractivity contribution in [2.45, 2.75) is 304 Å². The number of hydrogen-bond acceptors (Lipinski definition) is 23. The van der Waals surface area contributed by atoms with E-state index in [1.165, 1.54) is 110 Å². The third-order valence-corrected chi connectivity index (χ3v) is 21.9. The molecule has 30 heteroatoms. The number of aliphatic hydroxyl groups excluding tert-OH is 4. The molecule has 7 heterocycles. The number of halogens is 1. The molecule has 6 saturated heterocycles. The first-order chi connectivity index (χ1) is 50.7. The number of nitrogens with zero attached hydrogens (tertiary/aromatic N) is 2. The van der Waals surface area contributed by atoms with Crippen molar-refractivity contribution in [1.29, 1.82) is 0 Å². The number of hydrogen-bond donors (Lipinski definition) is 8. The number of amides is 1. The molecule has 0 aromatic carbocycles. The maximum atomic E-state index is 12.3. The summed E-state index contributed by atoms with van der Waals surface area (Å²) in [6.45, 7) is 34.6. The van der Waals surface area contributed by atoms with Crippen molar-refractivity contribution < 1.29 is 123 Å². The first-order valence-corrected chi connectivity index (χ1v) is 43.0. The first kappa shape index (κ1) is 106. The Labute approximate surface area is 681 Å². The van der Waals surface area contributed by atoms with Crippen molar-refractivity contribution in [2.75, 3.05) is 72.2 Å². The zero-order valence-corrected chi connectivity index (χ0v) is 73.2. The van der Waals surface area contributed by atoms with Gasteiger partial charge < -0.3 is 55.7 Å². The Morgan fingerprint density at radius 1 is 0.655 bits per heavy atom. The van der Waals surface area contributed by atoms with E-state index < -0.39 is 36.7 Å². The zero-order valence-electron chi connectivity index (χ0n) is 69.5. The summed E-state index contributed by atoms with van der Waals surface area (Å²) in [5, 5.41) is 55.6. The predicted octanol–water partition coefficient (Wildman–Crippen LogP) is 10.1. The number of rotatable bonds is 21. The number of carbonyl (C=O) groups excluding carboxylic acids is 5. The number of ether oxygens (including phenoxy) is 4. The number of aromatic nitrogens is 1. The number of carbonyl (C=O) groups is 5. The number of esters is 4. The summed E-state index contributed by atoms with van der Waals surface area (Å²) in [6.07, 6.45) is 34.4. The normalized spacial score (nSPS) is 24.1. The van der Waals surface area contributed by atoms with Crippen LogP contribution in [0.25, 0.3) is 0 Å². The Bertz CT molecular complexity index is 3040. The number of nitro groups is 1. The SMILES string of the molecule is C=C1CCCOC1=O.CC(C)(CC1CCCOC1=O)[N+](=O)[O-].CC1(C)CC(CCCO)C(=O)N1.CC1(C)CC(CCCO)CN1.CC1(C)CCC(CCCN)C1.CC1(C)CCC(CCCO)C1.CC1(C)CCC(CCCOS(C)(=O)=O)C1.NS(=O)(=O)c1cccc(F)n1.O=C1CCCCO1.O=C1OCCC/C1=C\O.[Na+]. The largest absolute Gasteiger partial charge is 1.00 e. The molecule has 6 atom stereocenters. The Morgan fingerprint density at radius 3 is 1.51 bits per heavy atom. The van der Waals surface area contributed by atoms with Gasteiger partial charge in [0.25, 0.3) is 20.1 Å². The molecule has 1 aromatic rings. The van der Waals surface area contributed by atoms with Gasteiger partial charge in [0.15, 0.2) is 5.03 Å². The van der Waals surface area contributed by atoms with E-state index in [2.05, 4.69) is 96.9 Å². The topological polar surface area (TPSA) is 413 Å². The molecule has 9 aliphatic rings. The van der Waals surface area contributed by atoms with Crippen LogP contribution in [0.2, 0.25) is 0 Å². The number of nitrogens with one attached hydrogen (secondary N) is 2. The van der Waals surface area contributed by atoms with E-state index in [9.17, 15) is 55.3 Å². The van der Waals surface area contributed by atoms with Gasteiger partial charge in [0, 0.05) is 74.0 Å². The molecular formula is C80H143FN6NaO20S2+. The zero-order chi connectivity index (χ0) is 82.7. The average molecular weight is 1620 g/mol. The molecule has 6 unspecified atom stereocenters. The van der Waals surface area contributed by atoms with Crippen LogP contribution in [0.1, 0.15) is 282 Å². The molecule has 26 nitrogen and oxygen atoms in total. The van der Waals surface area contributed by atoms with Crippen LogP contribution in [0.4, 0.5) is 4.39 Å². The van der Waals surface area contributed by atoms with Crippen LogP contribution in [0, 0.1) is 67.8 Å². The molecule has 9 fully saturated rings. The van der Waals surface area contributed by atoms with Crippen molar-refractivity contribution in [2.24, 2.45) is 62.6 Å². The van der Waals surface area contributed by atoms with E-state index in [1.54, 1.807) is 0 Å². The first-order valence-electron chi connectivity index (χ1n) is 39.6. The van der Waals surface area contributed by atoms with Gasteiger partial charge in [-0.3, -0.25) is 28.7 Å². The summed E-state index contributed by atoms with van der Waals surface area (Å²) in [6, 6.07) is 3.38. The quantitative estimate of drug-likeness (QED) is 0.00542. The Balaban J connectivity index is 0.00000121. The molecule has 1 amide bonds. The fraction of sp³-hybridized carbons (Fsp3) is 0.825. The van der Waals surface area contributed by atoms with Crippen molar-refractivity contribution in [1.82, 2.24) is 15.6 Å². The molecule has 10 N–H and O–H groups in total. The molecule has 6 aliphatic heterocycles. The number of sulfonamides is 1. The number of pyridine rings is 1. The molecule has 110 heavy (non-hydrogen) atoms. The van der Waals surface area contributed by atoms with E-state index in [4.69, 9.17) is 35.1 Å². The summed E-state index contributed by atoms with van der Waals surface area (Å²) in [4.78, 5) is 67.2. The van der Waals surface area contributed by atoms with Gasteiger partial charge in [-0.25, -0.2) is 28.1 Å². The van der Waals surface area contributed by atoms with E-state index in [-0.39, 0.29) is 94.7 Å². The summed E-state index contributed by atoms with van der Waals surface area (Å²) < 4.78 is 78.2. The third-order valence-electron chi connectivity index (χ3n) is 20.5. The second kappa shape index (κ2) is 53.8. The predicted molar refractivity (Wildman–Crippen MR) is 421 cm³/mol. The number of aliphatic hydroxyl groups is 4. The van der Waals surface area contributed by atoms with Gasteiger partial charge in [0.2, 0.25) is 17.4 Å². The second-order valence-electron chi connectivity index (χ2n) is 34.7. The smallest absolute Gasteiger partial charge is 0.515 e. The number of nitrogens with two attached hydrogens (primary N) is 2. The van der Waals surface area contributed by atoms with Crippen LogP contribution in [-0.4, -0.2) is 166 Å². The van der Waals surface area contributed by atoms with Crippen molar-refractivity contribution in [3.63, 3.8) is 0 Å². The van der Waals surface area contributed by atoms with Crippen molar-refractivity contribution in [3.8, 4) is 0 Å². The second-order valence-corrected chi connectivity index (χ2v) is 37.8. The van der Waals surface area contributed by atoms with Crippen LogP contribution < -0.4 is 51.1 Å². The Kier molecular flexibility index (Phi) is 51.7. The standard InChI is InChI=1S/C11H22O3S.C10H21N.C10H20O.C9H15NO4.C9H17NO2.C9H19NO.C6H8O3.C6H8O2.C5H5FN2O2S.C5H8O2.Na/c1-11(2)7-6-10(9-11)5-4-8-14-15(3,12)13;2*1-10(2)6-5-9(8-10)4-3-7-11;1-9(2,10(12)13)6-7-4-3-5-14-8(7)11;1-9(2)6-7(4-3-5-11)8(12)10-9;1-9(2)6-8(7-10-9)4-3-5-11;7-4-5-2-1-3-9-6(5)8;1-5-3-2-4-8-6(5)7;6-4-2-1-3-5(8-4)11(7,9)10;6-5-3-1-2-4-7-5;/h10H,4-9H2,1-3H3;9H,3-8,11H2,1-2H3;9,11H,3-8H2,1-2H3;7H,3-6H2,1-2H3;7,11H,3-6H2,1-2H3,(H,10,12);8,10-11H,3-7H2,1-2H3;4,7H,1-3H2;1-4H2;1-3H,(H2,7,9,10);1-4H2;/q;;;;;;;;;;+1/b;;;;;;5-4+;;;;.